The lowest BCUT2D eigenvalue weighted by molar-refractivity contribution is -0.166. The zero-order valence-corrected chi connectivity index (χ0v) is 29.6. The van der Waals surface area contributed by atoms with E-state index in [4.69, 9.17) is 14.2 Å². The maximum absolute atomic E-state index is 14.2. The van der Waals surface area contributed by atoms with Crippen LogP contribution in [0.25, 0.3) is 11.1 Å². The van der Waals surface area contributed by atoms with Gasteiger partial charge in [0, 0.05) is 12.3 Å². The van der Waals surface area contributed by atoms with E-state index in [0.717, 1.165) is 38.9 Å². The molecule has 3 N–H and O–H groups in total. The van der Waals surface area contributed by atoms with Crippen LogP contribution < -0.4 is 10.6 Å². The number of amides is 2. The second kappa shape index (κ2) is 15.1. The SMILES string of the molecule is CC1(C)O[C@H]([C@H](CCC(=O)NC(c2ccccc2)(c2ccccc2)c2ccccc2)NC(=O)OCC2c3ccccc3-c3ccccc32)[C@H](C(=O)O)O1. The molecule has 0 aromatic heterocycles. The highest BCUT2D eigenvalue weighted by atomic mass is 16.8. The van der Waals surface area contributed by atoms with Gasteiger partial charge in [0.2, 0.25) is 5.91 Å². The average molecular weight is 711 g/mol. The van der Waals surface area contributed by atoms with Crippen molar-refractivity contribution in [3.63, 3.8) is 0 Å². The number of hydrogen-bond acceptors (Lipinski definition) is 6. The van der Waals surface area contributed by atoms with Gasteiger partial charge in [-0.25, -0.2) is 9.59 Å². The molecular weight excluding hydrogens is 668 g/mol. The molecule has 3 atom stereocenters. The van der Waals surface area contributed by atoms with Crippen LogP contribution in [0.2, 0.25) is 0 Å². The molecular formula is C44H42N2O7. The summed E-state index contributed by atoms with van der Waals surface area (Å²) in [4.78, 5) is 40.2. The Balaban J connectivity index is 1.14. The Labute approximate surface area is 308 Å². The Bertz CT molecular complexity index is 1930. The summed E-state index contributed by atoms with van der Waals surface area (Å²) >= 11 is 0. The first-order valence-corrected chi connectivity index (χ1v) is 17.8. The molecule has 0 spiro atoms. The van der Waals surface area contributed by atoms with Gasteiger partial charge in [0.15, 0.2) is 11.9 Å². The minimum absolute atomic E-state index is 0.0400. The Morgan fingerprint density at radius 1 is 0.717 bits per heavy atom. The largest absolute Gasteiger partial charge is 0.479 e. The van der Waals surface area contributed by atoms with Crippen molar-refractivity contribution >= 4 is 18.0 Å². The molecule has 9 nitrogen and oxygen atoms in total. The Kier molecular flexibility index (Phi) is 10.1. The van der Waals surface area contributed by atoms with Crippen LogP contribution in [0.4, 0.5) is 4.79 Å². The van der Waals surface area contributed by atoms with Crippen molar-refractivity contribution in [2.24, 2.45) is 0 Å². The molecule has 7 rings (SSSR count). The molecule has 5 aromatic rings. The molecule has 1 aliphatic carbocycles. The van der Waals surface area contributed by atoms with E-state index in [1.54, 1.807) is 13.8 Å². The van der Waals surface area contributed by atoms with Gasteiger partial charge in [-0.15, -0.1) is 0 Å². The molecule has 9 heteroatoms. The van der Waals surface area contributed by atoms with E-state index in [9.17, 15) is 19.5 Å². The predicted octanol–water partition coefficient (Wildman–Crippen LogP) is 7.39. The molecule has 1 heterocycles. The third kappa shape index (κ3) is 7.31. The fourth-order valence-corrected chi connectivity index (χ4v) is 7.72. The number of ether oxygens (including phenoxy) is 3. The molecule has 5 aromatic carbocycles. The van der Waals surface area contributed by atoms with E-state index in [0.29, 0.717) is 0 Å². The van der Waals surface area contributed by atoms with Crippen LogP contribution in [-0.4, -0.2) is 53.7 Å². The number of alkyl carbamates (subject to hydrolysis) is 1. The summed E-state index contributed by atoms with van der Waals surface area (Å²) < 4.78 is 17.7. The van der Waals surface area contributed by atoms with E-state index < -0.39 is 41.6 Å². The second-order valence-electron chi connectivity index (χ2n) is 13.9. The summed E-state index contributed by atoms with van der Waals surface area (Å²) in [6.07, 6.45) is -3.27. The van der Waals surface area contributed by atoms with E-state index in [1.165, 1.54) is 0 Å². The van der Waals surface area contributed by atoms with Crippen molar-refractivity contribution in [2.75, 3.05) is 6.61 Å². The standard InChI is InChI=1S/C44H42N2O7/c1-43(2)52-39(40(53-43)41(48)49)37(45-42(50)51-28-36-34-24-14-12-22-32(34)33-23-13-15-25-35(33)36)26-27-38(47)46-44(29-16-6-3-7-17-29,30-18-8-4-9-19-30)31-20-10-5-11-21-31/h3-25,36-37,39-40H,26-28H2,1-2H3,(H,45,50)(H,46,47)(H,48,49)/t37-,39+,40+/m0/s1. The van der Waals surface area contributed by atoms with Gasteiger partial charge in [-0.3, -0.25) is 4.79 Å². The number of nitrogens with one attached hydrogen (secondary N) is 2. The Morgan fingerprint density at radius 2 is 1.19 bits per heavy atom. The predicted molar refractivity (Wildman–Crippen MR) is 200 cm³/mol. The maximum atomic E-state index is 14.2. The molecule has 1 saturated heterocycles. The van der Waals surface area contributed by atoms with Gasteiger partial charge in [0.05, 0.1) is 6.04 Å². The van der Waals surface area contributed by atoms with Gasteiger partial charge in [-0.2, -0.15) is 0 Å². The fourth-order valence-electron chi connectivity index (χ4n) is 7.72. The minimum atomic E-state index is -1.39. The van der Waals surface area contributed by atoms with E-state index in [1.807, 2.05) is 127 Å². The summed E-state index contributed by atoms with van der Waals surface area (Å²) in [5, 5.41) is 16.3. The zero-order valence-electron chi connectivity index (χ0n) is 29.6. The molecule has 0 unspecified atom stereocenters. The van der Waals surface area contributed by atoms with Crippen molar-refractivity contribution in [1.29, 1.82) is 0 Å². The molecule has 0 radical (unpaired) electrons. The Hall–Kier alpha value is -5.77. The minimum Gasteiger partial charge on any atom is -0.479 e. The van der Waals surface area contributed by atoms with Crippen molar-refractivity contribution in [3.05, 3.63) is 167 Å². The number of carboxylic acids is 1. The molecule has 53 heavy (non-hydrogen) atoms. The lowest BCUT2D eigenvalue weighted by atomic mass is 9.77. The van der Waals surface area contributed by atoms with E-state index in [-0.39, 0.29) is 31.3 Å². The van der Waals surface area contributed by atoms with Crippen LogP contribution in [0, 0.1) is 0 Å². The van der Waals surface area contributed by atoms with Crippen molar-refractivity contribution in [2.45, 2.75) is 62.2 Å². The van der Waals surface area contributed by atoms with Crippen molar-refractivity contribution in [3.8, 4) is 11.1 Å². The zero-order chi connectivity index (χ0) is 37.0. The lowest BCUT2D eigenvalue weighted by Crippen LogP contribution is -2.51. The highest BCUT2D eigenvalue weighted by Crippen LogP contribution is 2.44. The first-order valence-electron chi connectivity index (χ1n) is 17.8. The summed E-state index contributed by atoms with van der Waals surface area (Å²) in [6.45, 7) is 3.30. The van der Waals surface area contributed by atoms with Gasteiger partial charge in [0.25, 0.3) is 0 Å². The quantitative estimate of drug-likeness (QED) is 0.116. The third-order valence-electron chi connectivity index (χ3n) is 10.0. The molecule has 2 aliphatic rings. The van der Waals surface area contributed by atoms with E-state index >= 15 is 0 Å². The highest BCUT2D eigenvalue weighted by Gasteiger charge is 2.49. The molecule has 1 fully saturated rings. The van der Waals surface area contributed by atoms with Gasteiger partial charge >= 0.3 is 12.1 Å². The smallest absolute Gasteiger partial charge is 0.407 e. The molecule has 0 saturated carbocycles. The van der Waals surface area contributed by atoms with Gasteiger partial charge in [-0.1, -0.05) is 140 Å². The Morgan fingerprint density at radius 3 is 1.68 bits per heavy atom. The van der Waals surface area contributed by atoms with Crippen LogP contribution in [-0.2, 0) is 29.3 Å². The number of carboxylic acid groups (broad SMARTS) is 1. The average Bonchev–Trinajstić information content (AvgIpc) is 3.69. The van der Waals surface area contributed by atoms with Gasteiger partial charge in [-0.05, 0) is 59.2 Å². The first kappa shape index (κ1) is 35.6. The number of carbonyl (C=O) groups excluding carboxylic acids is 2. The number of carbonyl (C=O) groups is 3. The number of aliphatic carboxylic acids is 1. The van der Waals surface area contributed by atoms with Gasteiger partial charge < -0.3 is 30.0 Å². The molecule has 0 bridgehead atoms. The maximum Gasteiger partial charge on any atom is 0.407 e. The summed E-state index contributed by atoms with van der Waals surface area (Å²) in [7, 11) is 0. The monoisotopic (exact) mass is 710 g/mol. The number of rotatable bonds is 12. The summed E-state index contributed by atoms with van der Waals surface area (Å²) in [5.74, 6) is -2.96. The molecule has 2 amide bonds. The van der Waals surface area contributed by atoms with Crippen LogP contribution >= 0.6 is 0 Å². The third-order valence-corrected chi connectivity index (χ3v) is 10.0. The molecule has 270 valence electrons. The number of hydrogen-bond donors (Lipinski definition) is 3. The number of benzene rings is 5. The lowest BCUT2D eigenvalue weighted by Gasteiger charge is -2.37. The van der Waals surface area contributed by atoms with Crippen LogP contribution in [0.15, 0.2) is 140 Å². The van der Waals surface area contributed by atoms with Crippen molar-refractivity contribution in [1.82, 2.24) is 10.6 Å². The van der Waals surface area contributed by atoms with Crippen LogP contribution in [0.5, 0.6) is 0 Å². The van der Waals surface area contributed by atoms with Crippen LogP contribution in [0.3, 0.4) is 0 Å². The number of fused-ring (bicyclic) bond motifs is 3. The fraction of sp³-hybridized carbons (Fsp3) is 0.250. The highest BCUT2D eigenvalue weighted by molar-refractivity contribution is 5.80. The van der Waals surface area contributed by atoms with Crippen molar-refractivity contribution < 1.29 is 33.7 Å². The summed E-state index contributed by atoms with van der Waals surface area (Å²) in [5.41, 5.74) is 5.86. The van der Waals surface area contributed by atoms with Gasteiger partial charge in [0.1, 0.15) is 18.2 Å². The molecule has 1 aliphatic heterocycles. The van der Waals surface area contributed by atoms with E-state index in [2.05, 4.69) is 22.8 Å². The topological polar surface area (TPSA) is 123 Å². The first-order chi connectivity index (χ1) is 25.7. The normalized spacial score (nSPS) is 18.0. The van der Waals surface area contributed by atoms with Crippen LogP contribution in [0.1, 0.15) is 60.4 Å². The second-order valence-corrected chi connectivity index (χ2v) is 13.9. The summed E-state index contributed by atoms with van der Waals surface area (Å²) in [6, 6.07) is 44.4.